The van der Waals surface area contributed by atoms with E-state index in [-0.39, 0.29) is 33.9 Å². The minimum Gasteiger partial charge on any atom is -0.507 e. The number of halogens is 2. The monoisotopic (exact) mass is 460 g/mol. The van der Waals surface area contributed by atoms with E-state index in [0.29, 0.717) is 50.5 Å². The van der Waals surface area contributed by atoms with Crippen LogP contribution < -0.4 is 4.74 Å². The number of nitrogens with zero attached hydrogens (tertiary/aromatic N) is 2. The highest BCUT2D eigenvalue weighted by molar-refractivity contribution is 6.32. The number of allylic oxidation sites excluding steroid dienone is 1. The quantitative estimate of drug-likeness (QED) is 0.693. The molecule has 2 aliphatic rings. The van der Waals surface area contributed by atoms with E-state index in [9.17, 15) is 19.1 Å². The number of hydrogen-bond acceptors (Lipinski definition) is 6. The average molecular weight is 461 g/mol. The van der Waals surface area contributed by atoms with Crippen LogP contribution in [0.15, 0.2) is 36.1 Å². The Balaban J connectivity index is 1.54. The molecule has 1 N–H and O–H groups in total. The van der Waals surface area contributed by atoms with Crippen molar-refractivity contribution in [2.24, 2.45) is 0 Å². The van der Waals surface area contributed by atoms with Crippen LogP contribution in [0.1, 0.15) is 28.4 Å². The van der Waals surface area contributed by atoms with Gasteiger partial charge in [-0.25, -0.2) is 9.18 Å². The largest absolute Gasteiger partial charge is 0.507 e. The Labute approximate surface area is 189 Å². The van der Waals surface area contributed by atoms with Crippen molar-refractivity contribution >= 4 is 29.6 Å². The summed E-state index contributed by atoms with van der Waals surface area (Å²) >= 11 is 6.07. The summed E-state index contributed by atoms with van der Waals surface area (Å²) in [5.74, 6) is -0.797. The van der Waals surface area contributed by atoms with E-state index in [1.54, 1.807) is 11.8 Å². The van der Waals surface area contributed by atoms with Gasteiger partial charge >= 0.3 is 6.09 Å². The third kappa shape index (κ3) is 4.28. The number of hydrogen-bond donors (Lipinski definition) is 1. The van der Waals surface area contributed by atoms with Gasteiger partial charge < -0.3 is 19.5 Å². The van der Waals surface area contributed by atoms with Gasteiger partial charge in [-0.15, -0.1) is 0 Å². The predicted octanol–water partition coefficient (Wildman–Crippen LogP) is 4.08. The molecule has 0 spiro atoms. The molecular weight excluding hydrogens is 439 g/mol. The SMILES string of the molecule is CCOC(=O)N1CCN(Cc2c(O)ccc3c2O/C(=C/c2c(F)cccc2Cl)C3=O)CC1. The molecule has 1 saturated heterocycles. The molecule has 2 aliphatic heterocycles. The van der Waals surface area contributed by atoms with Gasteiger partial charge in [0.1, 0.15) is 17.3 Å². The highest BCUT2D eigenvalue weighted by atomic mass is 35.5. The molecular formula is C23H22ClFN2O5. The number of amides is 1. The first kappa shape index (κ1) is 22.1. The number of Topliss-reactive ketones (excluding diaryl/α,β-unsaturated/α-hetero) is 1. The van der Waals surface area contributed by atoms with Crippen LogP contribution >= 0.6 is 11.6 Å². The Morgan fingerprint density at radius 2 is 2.00 bits per heavy atom. The first-order valence-electron chi connectivity index (χ1n) is 10.3. The summed E-state index contributed by atoms with van der Waals surface area (Å²) in [5.41, 5.74) is 0.816. The van der Waals surface area contributed by atoms with E-state index in [0.717, 1.165) is 0 Å². The van der Waals surface area contributed by atoms with Crippen LogP contribution in [-0.2, 0) is 11.3 Å². The number of carbonyl (C=O) groups excluding carboxylic acids is 2. The molecule has 4 rings (SSSR count). The maximum atomic E-state index is 14.2. The lowest BCUT2D eigenvalue weighted by Gasteiger charge is -2.34. The maximum Gasteiger partial charge on any atom is 0.409 e. The molecule has 1 amide bonds. The van der Waals surface area contributed by atoms with Gasteiger partial charge in [0.15, 0.2) is 5.76 Å². The minimum absolute atomic E-state index is 0.00505. The molecule has 2 heterocycles. The Morgan fingerprint density at radius 3 is 2.69 bits per heavy atom. The number of rotatable bonds is 4. The molecule has 0 bridgehead atoms. The van der Waals surface area contributed by atoms with Crippen LogP contribution in [0.5, 0.6) is 11.5 Å². The number of phenolic OH excluding ortho intramolecular Hbond substituents is 1. The van der Waals surface area contributed by atoms with Gasteiger partial charge in [-0.05, 0) is 37.3 Å². The van der Waals surface area contributed by atoms with Gasteiger partial charge in [0.05, 0.1) is 22.8 Å². The number of benzene rings is 2. The number of carbonyl (C=O) groups is 2. The summed E-state index contributed by atoms with van der Waals surface area (Å²) in [4.78, 5) is 28.4. The number of fused-ring (bicyclic) bond motifs is 1. The fourth-order valence-electron chi connectivity index (χ4n) is 3.76. The molecule has 2 aromatic rings. The molecule has 0 aromatic heterocycles. The molecule has 32 heavy (non-hydrogen) atoms. The number of ketones is 1. The van der Waals surface area contributed by atoms with Crippen LogP contribution in [0, 0.1) is 5.82 Å². The summed E-state index contributed by atoms with van der Waals surface area (Å²) in [6.07, 6.45) is 0.935. The van der Waals surface area contributed by atoms with Crippen molar-refractivity contribution in [3.05, 3.63) is 63.6 Å². The highest BCUT2D eigenvalue weighted by Gasteiger charge is 2.33. The van der Waals surface area contributed by atoms with Crippen LogP contribution in [-0.4, -0.2) is 59.6 Å². The summed E-state index contributed by atoms with van der Waals surface area (Å²) < 4.78 is 25.0. The standard InChI is InChI=1S/C23H22ClFN2O5/c1-2-31-23(30)27-10-8-26(9-11-27)13-16-19(28)7-6-14-21(29)20(32-22(14)16)12-15-17(24)4-3-5-18(15)25/h3-7,12,28H,2,8-11,13H2,1H3/b20-12+. The van der Waals surface area contributed by atoms with Crippen molar-refractivity contribution in [1.29, 1.82) is 0 Å². The zero-order valence-corrected chi connectivity index (χ0v) is 18.2. The topological polar surface area (TPSA) is 79.3 Å². The van der Waals surface area contributed by atoms with Gasteiger partial charge in [-0.2, -0.15) is 0 Å². The second-order valence-corrected chi connectivity index (χ2v) is 7.88. The van der Waals surface area contributed by atoms with E-state index in [2.05, 4.69) is 0 Å². The molecule has 0 aliphatic carbocycles. The van der Waals surface area contributed by atoms with Gasteiger partial charge in [0, 0.05) is 38.3 Å². The van der Waals surface area contributed by atoms with Gasteiger partial charge in [0.25, 0.3) is 0 Å². The smallest absolute Gasteiger partial charge is 0.409 e. The molecule has 0 unspecified atom stereocenters. The van der Waals surface area contributed by atoms with Crippen molar-refractivity contribution in [2.75, 3.05) is 32.8 Å². The van der Waals surface area contributed by atoms with Crippen molar-refractivity contribution in [2.45, 2.75) is 13.5 Å². The van der Waals surface area contributed by atoms with E-state index < -0.39 is 11.6 Å². The van der Waals surface area contributed by atoms with Gasteiger partial charge in [-0.1, -0.05) is 17.7 Å². The number of piperazine rings is 1. The molecule has 2 aromatic carbocycles. The fraction of sp³-hybridized carbons (Fsp3) is 0.304. The average Bonchev–Trinajstić information content (AvgIpc) is 3.09. The van der Waals surface area contributed by atoms with Crippen LogP contribution in [0.2, 0.25) is 5.02 Å². The van der Waals surface area contributed by atoms with Gasteiger partial charge in [-0.3, -0.25) is 9.69 Å². The Morgan fingerprint density at radius 1 is 1.25 bits per heavy atom. The maximum absolute atomic E-state index is 14.2. The summed E-state index contributed by atoms with van der Waals surface area (Å²) in [7, 11) is 0. The molecule has 0 saturated carbocycles. The van der Waals surface area contributed by atoms with E-state index in [1.807, 2.05) is 4.90 Å². The molecule has 9 heteroatoms. The normalized spacial score (nSPS) is 17.4. The Hall–Kier alpha value is -3.10. The van der Waals surface area contributed by atoms with Crippen molar-refractivity contribution in [1.82, 2.24) is 9.80 Å². The lowest BCUT2D eigenvalue weighted by Crippen LogP contribution is -2.48. The molecule has 168 valence electrons. The predicted molar refractivity (Wildman–Crippen MR) is 116 cm³/mol. The van der Waals surface area contributed by atoms with Crippen LogP contribution in [0.4, 0.5) is 9.18 Å². The summed E-state index contributed by atoms with van der Waals surface area (Å²) in [6.45, 7) is 4.54. The molecule has 1 fully saturated rings. The molecule has 0 atom stereocenters. The van der Waals surface area contributed by atoms with Crippen LogP contribution in [0.3, 0.4) is 0 Å². The summed E-state index contributed by atoms with van der Waals surface area (Å²) in [6, 6.07) is 7.18. The fourth-order valence-corrected chi connectivity index (χ4v) is 3.97. The van der Waals surface area contributed by atoms with Crippen molar-refractivity contribution in [3.8, 4) is 11.5 Å². The minimum atomic E-state index is -0.570. The molecule has 7 nitrogen and oxygen atoms in total. The number of aromatic hydroxyl groups is 1. The lowest BCUT2D eigenvalue weighted by atomic mass is 10.0. The zero-order chi connectivity index (χ0) is 22.8. The third-order valence-electron chi connectivity index (χ3n) is 5.47. The molecule has 0 radical (unpaired) electrons. The Bertz CT molecular complexity index is 1080. The first-order chi connectivity index (χ1) is 15.4. The van der Waals surface area contributed by atoms with Crippen molar-refractivity contribution in [3.63, 3.8) is 0 Å². The first-order valence-corrected chi connectivity index (χ1v) is 10.6. The number of ether oxygens (including phenoxy) is 2. The summed E-state index contributed by atoms with van der Waals surface area (Å²) in [5, 5.41) is 10.6. The Kier molecular flexibility index (Phi) is 6.34. The third-order valence-corrected chi connectivity index (χ3v) is 5.80. The highest BCUT2D eigenvalue weighted by Crippen LogP contribution is 2.40. The zero-order valence-electron chi connectivity index (χ0n) is 17.4. The van der Waals surface area contributed by atoms with E-state index >= 15 is 0 Å². The second kappa shape index (κ2) is 9.18. The van der Waals surface area contributed by atoms with Crippen LogP contribution in [0.25, 0.3) is 6.08 Å². The second-order valence-electron chi connectivity index (χ2n) is 7.48. The van der Waals surface area contributed by atoms with Crippen molar-refractivity contribution < 1.29 is 28.6 Å². The van der Waals surface area contributed by atoms with Gasteiger partial charge in [0.2, 0.25) is 5.78 Å². The lowest BCUT2D eigenvalue weighted by molar-refractivity contribution is 0.0774. The number of phenols is 1. The van der Waals surface area contributed by atoms with E-state index in [1.165, 1.54) is 36.4 Å². The van der Waals surface area contributed by atoms with E-state index in [4.69, 9.17) is 21.1 Å².